The molecule has 3 rings (SSSR count). The second kappa shape index (κ2) is 1.92. The Morgan fingerprint density at radius 1 is 1.46 bits per heavy atom. The molecule has 1 spiro atoms. The van der Waals surface area contributed by atoms with Crippen molar-refractivity contribution in [3.05, 3.63) is 0 Å². The molecular formula is C10H15NO2. The maximum absolute atomic E-state index is 11.8. The van der Waals surface area contributed by atoms with Crippen LogP contribution in [-0.2, 0) is 9.53 Å². The van der Waals surface area contributed by atoms with Gasteiger partial charge in [-0.3, -0.25) is 4.79 Å². The van der Waals surface area contributed by atoms with E-state index >= 15 is 0 Å². The first-order valence-electron chi connectivity index (χ1n) is 5.01. The molecule has 72 valence electrons. The van der Waals surface area contributed by atoms with E-state index in [9.17, 15) is 4.79 Å². The van der Waals surface area contributed by atoms with E-state index in [0.717, 1.165) is 13.0 Å². The van der Waals surface area contributed by atoms with E-state index in [2.05, 4.69) is 0 Å². The summed E-state index contributed by atoms with van der Waals surface area (Å²) in [6, 6.07) is 0.384. The van der Waals surface area contributed by atoms with E-state index in [1.807, 2.05) is 18.7 Å². The summed E-state index contributed by atoms with van der Waals surface area (Å²) in [5.74, 6) is 0.296. The molecule has 0 bridgehead atoms. The van der Waals surface area contributed by atoms with Crippen LogP contribution in [0.5, 0.6) is 0 Å². The monoisotopic (exact) mass is 181 g/mol. The van der Waals surface area contributed by atoms with Crippen molar-refractivity contribution in [1.29, 1.82) is 0 Å². The molecule has 2 heterocycles. The molecule has 1 saturated carbocycles. The molecule has 1 unspecified atom stereocenters. The fraction of sp³-hybridized carbons (Fsp3) is 0.900. The first-order valence-corrected chi connectivity index (χ1v) is 5.01. The minimum atomic E-state index is -0.353. The van der Waals surface area contributed by atoms with Crippen molar-refractivity contribution >= 4 is 5.91 Å². The lowest BCUT2D eigenvalue weighted by atomic mass is 9.98. The predicted octanol–water partition coefficient (Wildman–Crippen LogP) is 1.13. The summed E-state index contributed by atoms with van der Waals surface area (Å²) in [4.78, 5) is 13.7. The predicted molar refractivity (Wildman–Crippen MR) is 46.9 cm³/mol. The maximum atomic E-state index is 11.8. The van der Waals surface area contributed by atoms with Crippen molar-refractivity contribution < 1.29 is 9.53 Å². The Bertz CT molecular complexity index is 281. The highest BCUT2D eigenvalue weighted by atomic mass is 16.5. The van der Waals surface area contributed by atoms with Crippen molar-refractivity contribution in [2.45, 2.75) is 44.9 Å². The van der Waals surface area contributed by atoms with Gasteiger partial charge in [0, 0.05) is 11.8 Å². The summed E-state index contributed by atoms with van der Waals surface area (Å²) in [7, 11) is 0. The fourth-order valence-electron chi connectivity index (χ4n) is 2.90. The molecule has 3 nitrogen and oxygen atoms in total. The Labute approximate surface area is 78.0 Å². The summed E-state index contributed by atoms with van der Waals surface area (Å²) in [6.07, 6.45) is 3.21. The fourth-order valence-corrected chi connectivity index (χ4v) is 2.90. The highest BCUT2D eigenvalue weighted by Gasteiger charge is 2.64. The van der Waals surface area contributed by atoms with E-state index in [0.29, 0.717) is 17.4 Å². The minimum Gasteiger partial charge on any atom is -0.354 e. The standard InChI is InChI=1S/C10H15NO2/c1-9(2)11-7(6-13-9)10(3-4-10)5-8(11)12/h7H,3-6H2,1-2H3. The molecule has 1 aliphatic carbocycles. The third-order valence-electron chi connectivity index (χ3n) is 3.86. The molecule has 0 N–H and O–H groups in total. The van der Waals surface area contributed by atoms with Gasteiger partial charge in [-0.25, -0.2) is 0 Å². The van der Waals surface area contributed by atoms with Gasteiger partial charge >= 0.3 is 0 Å². The lowest BCUT2D eigenvalue weighted by Crippen LogP contribution is -2.44. The molecule has 0 aromatic carbocycles. The van der Waals surface area contributed by atoms with Crippen LogP contribution in [0.15, 0.2) is 0 Å². The molecule has 0 radical (unpaired) electrons. The average Bonchev–Trinajstić information content (AvgIpc) is 2.60. The van der Waals surface area contributed by atoms with Gasteiger partial charge in [-0.1, -0.05) is 0 Å². The Hall–Kier alpha value is -0.570. The van der Waals surface area contributed by atoms with Gasteiger partial charge in [0.05, 0.1) is 12.6 Å². The molecule has 13 heavy (non-hydrogen) atoms. The molecule has 0 aromatic heterocycles. The van der Waals surface area contributed by atoms with E-state index in [1.165, 1.54) is 12.8 Å². The molecule has 0 aromatic rings. The Morgan fingerprint density at radius 2 is 2.15 bits per heavy atom. The number of hydrogen-bond donors (Lipinski definition) is 0. The van der Waals surface area contributed by atoms with Gasteiger partial charge in [-0.2, -0.15) is 0 Å². The van der Waals surface area contributed by atoms with Gasteiger partial charge in [-0.05, 0) is 26.7 Å². The van der Waals surface area contributed by atoms with Gasteiger partial charge < -0.3 is 9.64 Å². The van der Waals surface area contributed by atoms with Gasteiger partial charge in [0.25, 0.3) is 0 Å². The molecule has 3 heteroatoms. The van der Waals surface area contributed by atoms with Crippen LogP contribution in [0.25, 0.3) is 0 Å². The van der Waals surface area contributed by atoms with Gasteiger partial charge in [0.2, 0.25) is 5.91 Å². The number of carbonyl (C=O) groups is 1. The number of rotatable bonds is 0. The van der Waals surface area contributed by atoms with Crippen LogP contribution in [0.3, 0.4) is 0 Å². The number of fused-ring (bicyclic) bond motifs is 2. The quantitative estimate of drug-likeness (QED) is 0.560. The summed E-state index contributed by atoms with van der Waals surface area (Å²) in [6.45, 7) is 4.73. The molecule has 3 aliphatic rings. The third kappa shape index (κ3) is 0.810. The van der Waals surface area contributed by atoms with Crippen molar-refractivity contribution in [3.8, 4) is 0 Å². The van der Waals surface area contributed by atoms with Crippen LogP contribution in [-0.4, -0.2) is 29.2 Å². The highest BCUT2D eigenvalue weighted by molar-refractivity contribution is 5.82. The summed E-state index contributed by atoms with van der Waals surface area (Å²) in [5.41, 5.74) is -0.0291. The zero-order valence-electron chi connectivity index (χ0n) is 8.17. The molecule has 1 atom stereocenters. The summed E-state index contributed by atoms with van der Waals surface area (Å²) < 4.78 is 5.66. The van der Waals surface area contributed by atoms with Crippen molar-refractivity contribution in [2.24, 2.45) is 5.41 Å². The Morgan fingerprint density at radius 3 is 2.77 bits per heavy atom. The van der Waals surface area contributed by atoms with Crippen LogP contribution < -0.4 is 0 Å². The van der Waals surface area contributed by atoms with E-state index in [4.69, 9.17) is 4.74 Å². The lowest BCUT2D eigenvalue weighted by molar-refractivity contribution is -0.141. The van der Waals surface area contributed by atoms with E-state index in [1.54, 1.807) is 0 Å². The number of nitrogens with zero attached hydrogens (tertiary/aromatic N) is 1. The van der Waals surface area contributed by atoms with Gasteiger partial charge in [-0.15, -0.1) is 0 Å². The Balaban J connectivity index is 1.99. The average molecular weight is 181 g/mol. The first-order chi connectivity index (χ1) is 6.05. The Kier molecular flexibility index (Phi) is 1.15. The van der Waals surface area contributed by atoms with Crippen LogP contribution in [0.2, 0.25) is 0 Å². The second-order valence-corrected chi connectivity index (χ2v) is 5.08. The SMILES string of the molecule is CC1(C)OCC2N1C(=O)CC21CC1. The third-order valence-corrected chi connectivity index (χ3v) is 3.86. The normalized spacial score (nSPS) is 38.5. The number of hydrogen-bond acceptors (Lipinski definition) is 2. The van der Waals surface area contributed by atoms with Crippen molar-refractivity contribution in [3.63, 3.8) is 0 Å². The second-order valence-electron chi connectivity index (χ2n) is 5.08. The van der Waals surface area contributed by atoms with Gasteiger partial charge in [0.1, 0.15) is 5.72 Å². The van der Waals surface area contributed by atoms with Crippen LogP contribution in [0, 0.1) is 5.41 Å². The zero-order valence-corrected chi connectivity index (χ0v) is 8.17. The number of carbonyl (C=O) groups excluding carboxylic acids is 1. The first kappa shape index (κ1) is 7.80. The van der Waals surface area contributed by atoms with Gasteiger partial charge in [0.15, 0.2) is 0 Å². The van der Waals surface area contributed by atoms with Crippen molar-refractivity contribution in [2.75, 3.05) is 6.61 Å². The zero-order chi connectivity index (χ0) is 9.27. The summed E-state index contributed by atoms with van der Waals surface area (Å²) in [5, 5.41) is 0. The smallest absolute Gasteiger partial charge is 0.225 e. The van der Waals surface area contributed by atoms with E-state index in [-0.39, 0.29) is 5.72 Å². The van der Waals surface area contributed by atoms with Crippen LogP contribution in [0.4, 0.5) is 0 Å². The number of ether oxygens (including phenoxy) is 1. The lowest BCUT2D eigenvalue weighted by Gasteiger charge is -2.29. The maximum Gasteiger partial charge on any atom is 0.225 e. The molecule has 1 amide bonds. The molecule has 2 saturated heterocycles. The van der Waals surface area contributed by atoms with E-state index < -0.39 is 0 Å². The van der Waals surface area contributed by atoms with Crippen molar-refractivity contribution in [1.82, 2.24) is 4.90 Å². The van der Waals surface area contributed by atoms with Crippen LogP contribution in [0.1, 0.15) is 33.1 Å². The highest BCUT2D eigenvalue weighted by Crippen LogP contribution is 2.60. The topological polar surface area (TPSA) is 29.5 Å². The largest absolute Gasteiger partial charge is 0.354 e. The molecule has 2 aliphatic heterocycles. The summed E-state index contributed by atoms with van der Waals surface area (Å²) >= 11 is 0. The molecular weight excluding hydrogens is 166 g/mol. The molecule has 3 fully saturated rings. The minimum absolute atomic E-state index is 0.296. The van der Waals surface area contributed by atoms with Crippen LogP contribution >= 0.6 is 0 Å². The number of amides is 1.